The lowest BCUT2D eigenvalue weighted by Gasteiger charge is -2.31. The number of hydrogen-bond donors (Lipinski definition) is 0. The highest BCUT2D eigenvalue weighted by Gasteiger charge is 2.21. The van der Waals surface area contributed by atoms with Crippen molar-refractivity contribution >= 4 is 16.7 Å². The number of piperidine rings is 1. The van der Waals surface area contributed by atoms with Gasteiger partial charge in [0.2, 0.25) is 0 Å². The summed E-state index contributed by atoms with van der Waals surface area (Å²) in [5.41, 5.74) is 3.46. The quantitative estimate of drug-likeness (QED) is 0.508. The zero-order valence-electron chi connectivity index (χ0n) is 16.8. The highest BCUT2D eigenvalue weighted by atomic mass is 16.1. The Hall–Kier alpha value is -2.39. The van der Waals surface area contributed by atoms with E-state index in [0.717, 1.165) is 43.5 Å². The summed E-state index contributed by atoms with van der Waals surface area (Å²) in [6.07, 6.45) is 6.15. The second-order valence-corrected chi connectivity index (χ2v) is 8.01. The Kier molecular flexibility index (Phi) is 5.92. The minimum atomic E-state index is 0.301. The van der Waals surface area contributed by atoms with Gasteiger partial charge in [0, 0.05) is 42.2 Å². The fourth-order valence-corrected chi connectivity index (χ4v) is 4.48. The van der Waals surface area contributed by atoms with Gasteiger partial charge in [0.05, 0.1) is 0 Å². The summed E-state index contributed by atoms with van der Waals surface area (Å²) in [5, 5.41) is 1.10. The fourth-order valence-electron chi connectivity index (χ4n) is 4.48. The van der Waals surface area contributed by atoms with Gasteiger partial charge in [0.1, 0.15) is 0 Å². The van der Waals surface area contributed by atoms with Crippen molar-refractivity contribution in [3.63, 3.8) is 0 Å². The van der Waals surface area contributed by atoms with Crippen molar-refractivity contribution in [1.82, 2.24) is 9.47 Å². The maximum Gasteiger partial charge on any atom is 0.165 e. The predicted octanol–water partition coefficient (Wildman–Crippen LogP) is 5.54. The number of likely N-dealkylation sites (tertiary alicyclic amines) is 1. The summed E-state index contributed by atoms with van der Waals surface area (Å²) in [6, 6.07) is 19.0. The Bertz CT molecular complexity index is 920. The molecule has 2 aromatic carbocycles. The molecule has 3 heteroatoms. The van der Waals surface area contributed by atoms with Crippen molar-refractivity contribution in [3.8, 4) is 0 Å². The van der Waals surface area contributed by atoms with E-state index in [2.05, 4.69) is 65.1 Å². The predicted molar refractivity (Wildman–Crippen MR) is 116 cm³/mol. The number of carbonyl (C=O) groups is 1. The van der Waals surface area contributed by atoms with Gasteiger partial charge in [-0.15, -0.1) is 0 Å². The second-order valence-electron chi connectivity index (χ2n) is 8.01. The smallest absolute Gasteiger partial charge is 0.165 e. The molecule has 146 valence electrons. The molecule has 0 amide bonds. The van der Waals surface area contributed by atoms with Crippen molar-refractivity contribution in [2.75, 3.05) is 13.1 Å². The molecule has 4 rings (SSSR count). The van der Waals surface area contributed by atoms with E-state index in [4.69, 9.17) is 0 Å². The van der Waals surface area contributed by atoms with Crippen LogP contribution in [0.25, 0.3) is 10.9 Å². The van der Waals surface area contributed by atoms with Gasteiger partial charge in [0.15, 0.2) is 5.78 Å². The molecular weight excluding hydrogens is 344 g/mol. The second kappa shape index (κ2) is 8.74. The number of fused-ring (bicyclic) bond motifs is 1. The third kappa shape index (κ3) is 4.20. The molecule has 0 saturated carbocycles. The number of Topliss-reactive ketones (excluding diaryl/α,β-unsaturated/α-hetero) is 1. The summed E-state index contributed by atoms with van der Waals surface area (Å²) in [5.74, 6) is 0.977. The maximum atomic E-state index is 12.9. The van der Waals surface area contributed by atoms with Crippen molar-refractivity contribution in [3.05, 3.63) is 71.9 Å². The average molecular weight is 375 g/mol. The summed E-state index contributed by atoms with van der Waals surface area (Å²) in [6.45, 7) is 6.35. The summed E-state index contributed by atoms with van der Waals surface area (Å²) >= 11 is 0. The Morgan fingerprint density at radius 2 is 1.71 bits per heavy atom. The molecule has 0 bridgehead atoms. The van der Waals surface area contributed by atoms with Crippen LogP contribution in [0.3, 0.4) is 0 Å². The third-order valence-electron chi connectivity index (χ3n) is 6.17. The Morgan fingerprint density at radius 1 is 1.00 bits per heavy atom. The molecule has 1 aromatic heterocycles. The summed E-state index contributed by atoms with van der Waals surface area (Å²) in [4.78, 5) is 15.5. The van der Waals surface area contributed by atoms with E-state index in [1.165, 1.54) is 23.9 Å². The van der Waals surface area contributed by atoms with Crippen LogP contribution < -0.4 is 0 Å². The Labute approximate surface area is 168 Å². The number of benzene rings is 2. The molecule has 0 aliphatic carbocycles. The van der Waals surface area contributed by atoms with Crippen LogP contribution in [0.1, 0.15) is 48.5 Å². The molecule has 0 spiro atoms. The van der Waals surface area contributed by atoms with E-state index in [1.54, 1.807) is 0 Å². The van der Waals surface area contributed by atoms with Gasteiger partial charge in [-0.2, -0.15) is 0 Å². The molecule has 2 heterocycles. The number of para-hydroxylation sites is 1. The minimum absolute atomic E-state index is 0.301. The Balaban J connectivity index is 1.30. The molecule has 1 aliphatic rings. The number of hydrogen-bond acceptors (Lipinski definition) is 2. The zero-order chi connectivity index (χ0) is 19.3. The first-order valence-corrected chi connectivity index (χ1v) is 10.6. The van der Waals surface area contributed by atoms with Crippen molar-refractivity contribution in [1.29, 1.82) is 0 Å². The maximum absolute atomic E-state index is 12.9. The molecule has 0 unspecified atom stereocenters. The van der Waals surface area contributed by atoms with Gasteiger partial charge >= 0.3 is 0 Å². The summed E-state index contributed by atoms with van der Waals surface area (Å²) < 4.78 is 2.19. The molecule has 28 heavy (non-hydrogen) atoms. The van der Waals surface area contributed by atoms with Gasteiger partial charge in [-0.05, 0) is 56.8 Å². The normalized spacial score (nSPS) is 15.9. The Morgan fingerprint density at radius 3 is 2.46 bits per heavy atom. The molecule has 0 radical (unpaired) electrons. The monoisotopic (exact) mass is 374 g/mol. The minimum Gasteiger partial charge on any atom is -0.347 e. The number of ketones is 1. The topological polar surface area (TPSA) is 25.2 Å². The zero-order valence-corrected chi connectivity index (χ0v) is 16.8. The van der Waals surface area contributed by atoms with E-state index < -0.39 is 0 Å². The highest BCUT2D eigenvalue weighted by molar-refractivity contribution is 6.08. The van der Waals surface area contributed by atoms with E-state index >= 15 is 0 Å². The van der Waals surface area contributed by atoms with E-state index in [9.17, 15) is 4.79 Å². The largest absolute Gasteiger partial charge is 0.347 e. The SMILES string of the molecule is CCn1cc(C(=O)CCC2CCN(Cc3ccccc3)CC2)c2ccccc21. The highest BCUT2D eigenvalue weighted by Crippen LogP contribution is 2.27. The molecule has 3 aromatic rings. The van der Waals surface area contributed by atoms with Gasteiger partial charge in [-0.3, -0.25) is 9.69 Å². The van der Waals surface area contributed by atoms with Gasteiger partial charge < -0.3 is 4.57 Å². The fraction of sp³-hybridized carbons (Fsp3) is 0.400. The standard InChI is InChI=1S/C25H30N2O/c1-2-27-19-23(22-10-6-7-11-24(22)27)25(28)13-12-20-14-16-26(17-15-20)18-21-8-4-3-5-9-21/h3-11,19-20H,2,12-18H2,1H3. The molecule has 0 N–H and O–H groups in total. The third-order valence-corrected chi connectivity index (χ3v) is 6.17. The van der Waals surface area contributed by atoms with Crippen LogP contribution in [0.4, 0.5) is 0 Å². The first kappa shape index (κ1) is 18.9. The number of carbonyl (C=O) groups excluding carboxylic acids is 1. The van der Waals surface area contributed by atoms with Crippen LogP contribution in [0.15, 0.2) is 60.8 Å². The number of rotatable bonds is 7. The van der Waals surface area contributed by atoms with Crippen molar-refractivity contribution < 1.29 is 4.79 Å². The number of aromatic nitrogens is 1. The summed E-state index contributed by atoms with van der Waals surface area (Å²) in [7, 11) is 0. The van der Waals surface area contributed by atoms with E-state index in [-0.39, 0.29) is 0 Å². The lowest BCUT2D eigenvalue weighted by Crippen LogP contribution is -2.33. The van der Waals surface area contributed by atoms with Crippen LogP contribution in [0.5, 0.6) is 0 Å². The van der Waals surface area contributed by atoms with Gasteiger partial charge in [0.25, 0.3) is 0 Å². The molecule has 3 nitrogen and oxygen atoms in total. The molecule has 1 saturated heterocycles. The van der Waals surface area contributed by atoms with Gasteiger partial charge in [-0.25, -0.2) is 0 Å². The lowest BCUT2D eigenvalue weighted by atomic mass is 9.90. The number of aryl methyl sites for hydroxylation is 1. The first-order chi connectivity index (χ1) is 13.7. The van der Waals surface area contributed by atoms with Crippen LogP contribution >= 0.6 is 0 Å². The first-order valence-electron chi connectivity index (χ1n) is 10.6. The van der Waals surface area contributed by atoms with Crippen LogP contribution in [0, 0.1) is 5.92 Å². The average Bonchev–Trinajstić information content (AvgIpc) is 3.13. The van der Waals surface area contributed by atoms with Crippen LogP contribution in [-0.4, -0.2) is 28.3 Å². The van der Waals surface area contributed by atoms with Crippen LogP contribution in [0.2, 0.25) is 0 Å². The number of nitrogens with zero attached hydrogens (tertiary/aromatic N) is 2. The molecule has 1 fully saturated rings. The van der Waals surface area contributed by atoms with Gasteiger partial charge in [-0.1, -0.05) is 48.5 Å². The van der Waals surface area contributed by atoms with Crippen LogP contribution in [-0.2, 0) is 13.1 Å². The van der Waals surface area contributed by atoms with Crippen molar-refractivity contribution in [2.24, 2.45) is 5.92 Å². The van der Waals surface area contributed by atoms with E-state index in [0.29, 0.717) is 18.1 Å². The lowest BCUT2D eigenvalue weighted by molar-refractivity contribution is 0.0963. The van der Waals surface area contributed by atoms with Crippen molar-refractivity contribution in [2.45, 2.75) is 45.7 Å². The molecule has 1 aliphatic heterocycles. The van der Waals surface area contributed by atoms with E-state index in [1.807, 2.05) is 12.1 Å². The molecular formula is C25H30N2O. The molecule has 0 atom stereocenters.